The molecule has 7 nitrogen and oxygen atoms in total. The lowest BCUT2D eigenvalue weighted by molar-refractivity contribution is 0.416. The molecule has 2 heterocycles. The number of hydrogen-bond acceptors (Lipinski definition) is 5. The van der Waals surface area contributed by atoms with E-state index in [1.54, 1.807) is 42.3 Å². The Kier molecular flexibility index (Phi) is 4.74. The molecule has 0 fully saturated rings. The number of nitrogens with zero attached hydrogens (tertiary/aromatic N) is 3. The third-order valence-corrected chi connectivity index (χ3v) is 6.22. The summed E-state index contributed by atoms with van der Waals surface area (Å²) in [6.07, 6.45) is 6.53. The van der Waals surface area contributed by atoms with Crippen LogP contribution in [0.4, 0.5) is 0 Å². The molecule has 0 saturated heterocycles. The zero-order valence-corrected chi connectivity index (χ0v) is 17.9. The van der Waals surface area contributed by atoms with Crippen LogP contribution in [0, 0.1) is 0 Å². The molecule has 30 heavy (non-hydrogen) atoms. The van der Waals surface area contributed by atoms with Gasteiger partial charge in [-0.3, -0.25) is 9.48 Å². The van der Waals surface area contributed by atoms with Crippen LogP contribution in [0.25, 0.3) is 33.0 Å². The molecular formula is C22H21N3O4S. The van der Waals surface area contributed by atoms with Gasteiger partial charge in [0, 0.05) is 54.8 Å². The Bertz CT molecular complexity index is 1450. The minimum absolute atomic E-state index is 0.135. The summed E-state index contributed by atoms with van der Waals surface area (Å²) in [5.41, 5.74) is 3.00. The number of ether oxygens (including phenoxy) is 1. The number of hydrogen-bond donors (Lipinski definition) is 0. The van der Waals surface area contributed by atoms with Crippen molar-refractivity contribution in [1.29, 1.82) is 0 Å². The number of methoxy groups -OCH3 is 1. The topological polar surface area (TPSA) is 83.2 Å². The van der Waals surface area contributed by atoms with Crippen molar-refractivity contribution in [2.45, 2.75) is 4.90 Å². The summed E-state index contributed by atoms with van der Waals surface area (Å²) in [6.45, 7) is 0. The van der Waals surface area contributed by atoms with Gasteiger partial charge in [0.05, 0.1) is 18.2 Å². The van der Waals surface area contributed by atoms with Crippen molar-refractivity contribution in [2.24, 2.45) is 14.1 Å². The van der Waals surface area contributed by atoms with E-state index >= 15 is 0 Å². The number of rotatable bonds is 4. The van der Waals surface area contributed by atoms with Crippen molar-refractivity contribution < 1.29 is 13.2 Å². The molecule has 0 N–H and O–H groups in total. The molecule has 8 heteroatoms. The average molecular weight is 423 g/mol. The van der Waals surface area contributed by atoms with Gasteiger partial charge in [-0.2, -0.15) is 5.10 Å². The first kappa shape index (κ1) is 19.9. The van der Waals surface area contributed by atoms with Crippen LogP contribution in [-0.2, 0) is 23.9 Å². The molecule has 2 aromatic carbocycles. The molecule has 0 aliphatic rings. The molecule has 4 aromatic rings. The van der Waals surface area contributed by atoms with Crippen LogP contribution in [0.1, 0.15) is 0 Å². The molecule has 4 rings (SSSR count). The maximum absolute atomic E-state index is 12.8. The van der Waals surface area contributed by atoms with Gasteiger partial charge in [0.25, 0.3) is 5.56 Å². The lowest BCUT2D eigenvalue weighted by Gasteiger charge is -2.15. The number of fused-ring (bicyclic) bond motifs is 1. The maximum atomic E-state index is 12.8. The average Bonchev–Trinajstić information content (AvgIpc) is 3.15. The highest BCUT2D eigenvalue weighted by molar-refractivity contribution is 7.90. The van der Waals surface area contributed by atoms with Crippen LogP contribution in [0.15, 0.2) is 64.7 Å². The van der Waals surface area contributed by atoms with Crippen molar-refractivity contribution in [2.75, 3.05) is 13.4 Å². The van der Waals surface area contributed by atoms with Crippen LogP contribution >= 0.6 is 0 Å². The highest BCUT2D eigenvalue weighted by Crippen LogP contribution is 2.37. The van der Waals surface area contributed by atoms with Gasteiger partial charge >= 0.3 is 0 Å². The van der Waals surface area contributed by atoms with Gasteiger partial charge in [-0.1, -0.05) is 6.07 Å². The van der Waals surface area contributed by atoms with Crippen LogP contribution < -0.4 is 10.3 Å². The first-order valence-electron chi connectivity index (χ1n) is 9.20. The smallest absolute Gasteiger partial charge is 0.258 e. The molecule has 0 aliphatic carbocycles. The van der Waals surface area contributed by atoms with Gasteiger partial charge in [-0.25, -0.2) is 8.42 Å². The summed E-state index contributed by atoms with van der Waals surface area (Å²) in [6, 6.07) is 10.3. The SMILES string of the molecule is COc1ccc(S(C)(=O)=O)cc1-c1cn(C)c(=O)c2ccc(-c3cnn(C)c3)cc12. The van der Waals surface area contributed by atoms with Gasteiger partial charge in [0.1, 0.15) is 5.75 Å². The minimum atomic E-state index is -3.41. The number of benzene rings is 2. The largest absolute Gasteiger partial charge is 0.496 e. The third kappa shape index (κ3) is 3.39. The minimum Gasteiger partial charge on any atom is -0.496 e. The van der Waals surface area contributed by atoms with Gasteiger partial charge in [0.15, 0.2) is 9.84 Å². The van der Waals surface area contributed by atoms with Gasteiger partial charge in [0.2, 0.25) is 0 Å². The fourth-order valence-electron chi connectivity index (χ4n) is 3.56. The van der Waals surface area contributed by atoms with E-state index in [0.29, 0.717) is 27.6 Å². The zero-order valence-electron chi connectivity index (χ0n) is 17.1. The molecular weight excluding hydrogens is 402 g/mol. The van der Waals surface area contributed by atoms with Crippen molar-refractivity contribution in [1.82, 2.24) is 14.3 Å². The Balaban J connectivity index is 2.08. The van der Waals surface area contributed by atoms with Crippen LogP contribution in [-0.4, -0.2) is 36.1 Å². The fraction of sp³-hybridized carbons (Fsp3) is 0.182. The summed E-state index contributed by atoms with van der Waals surface area (Å²) < 4.78 is 33.0. The number of aryl methyl sites for hydroxylation is 2. The molecule has 0 saturated carbocycles. The Morgan fingerprint density at radius 3 is 2.33 bits per heavy atom. The molecule has 0 spiro atoms. The zero-order chi connectivity index (χ0) is 21.6. The van der Waals surface area contributed by atoms with Gasteiger partial charge < -0.3 is 9.30 Å². The molecule has 0 aliphatic heterocycles. The molecule has 0 radical (unpaired) electrons. The second-order valence-electron chi connectivity index (χ2n) is 7.26. The Morgan fingerprint density at radius 2 is 1.70 bits per heavy atom. The van der Waals surface area contributed by atoms with E-state index in [2.05, 4.69) is 5.10 Å². The summed E-state index contributed by atoms with van der Waals surface area (Å²) in [5.74, 6) is 0.522. The third-order valence-electron chi connectivity index (χ3n) is 5.11. The number of sulfone groups is 1. The first-order chi connectivity index (χ1) is 14.2. The molecule has 0 atom stereocenters. The van der Waals surface area contributed by atoms with E-state index in [0.717, 1.165) is 17.4 Å². The van der Waals surface area contributed by atoms with Crippen molar-refractivity contribution in [3.8, 4) is 28.0 Å². The van der Waals surface area contributed by atoms with Gasteiger partial charge in [-0.15, -0.1) is 0 Å². The van der Waals surface area contributed by atoms with Crippen molar-refractivity contribution >= 4 is 20.6 Å². The molecule has 0 unspecified atom stereocenters. The monoisotopic (exact) mass is 423 g/mol. The summed E-state index contributed by atoms with van der Waals surface area (Å²) in [5, 5.41) is 5.46. The Labute approximate surface area is 174 Å². The summed E-state index contributed by atoms with van der Waals surface area (Å²) in [4.78, 5) is 12.9. The maximum Gasteiger partial charge on any atom is 0.258 e. The lowest BCUT2D eigenvalue weighted by atomic mass is 9.97. The first-order valence-corrected chi connectivity index (χ1v) is 11.1. The van der Waals surface area contributed by atoms with E-state index in [4.69, 9.17) is 4.74 Å². The fourth-order valence-corrected chi connectivity index (χ4v) is 4.21. The molecule has 0 amide bonds. The standard InChI is InChI=1S/C22H21N3O4S/c1-24-13-20(19-10-16(30(4,27)28)6-8-21(19)29-3)18-9-14(5-7-17(18)22(24)26)15-11-23-25(2)12-15/h5-13H,1-4H3. The predicted octanol–water partition coefficient (Wildman–Crippen LogP) is 3.02. The Hall–Kier alpha value is -3.39. The number of aromatic nitrogens is 3. The van der Waals surface area contributed by atoms with E-state index in [-0.39, 0.29) is 10.5 Å². The second-order valence-corrected chi connectivity index (χ2v) is 9.27. The normalized spacial score (nSPS) is 11.7. The van der Waals surface area contributed by atoms with Crippen LogP contribution in [0.2, 0.25) is 0 Å². The van der Waals surface area contributed by atoms with E-state index in [9.17, 15) is 13.2 Å². The molecule has 2 aromatic heterocycles. The highest BCUT2D eigenvalue weighted by atomic mass is 32.2. The van der Waals surface area contributed by atoms with Crippen molar-refractivity contribution in [3.05, 3.63) is 65.3 Å². The van der Waals surface area contributed by atoms with E-state index in [1.165, 1.54) is 17.7 Å². The predicted molar refractivity (Wildman–Crippen MR) is 116 cm³/mol. The van der Waals surface area contributed by atoms with E-state index < -0.39 is 9.84 Å². The lowest BCUT2D eigenvalue weighted by Crippen LogP contribution is -2.16. The second kappa shape index (κ2) is 7.14. The Morgan fingerprint density at radius 1 is 0.933 bits per heavy atom. The van der Waals surface area contributed by atoms with Crippen LogP contribution in [0.3, 0.4) is 0 Å². The van der Waals surface area contributed by atoms with Crippen LogP contribution in [0.5, 0.6) is 5.75 Å². The van der Waals surface area contributed by atoms with E-state index in [1.807, 2.05) is 25.4 Å². The highest BCUT2D eigenvalue weighted by Gasteiger charge is 2.17. The molecule has 154 valence electrons. The van der Waals surface area contributed by atoms with Crippen molar-refractivity contribution in [3.63, 3.8) is 0 Å². The summed E-state index contributed by atoms with van der Waals surface area (Å²) >= 11 is 0. The summed E-state index contributed by atoms with van der Waals surface area (Å²) in [7, 11) is 1.63. The quantitative estimate of drug-likeness (QED) is 0.504. The molecule has 0 bridgehead atoms. The van der Waals surface area contributed by atoms with Gasteiger partial charge in [-0.05, 0) is 41.3 Å². The number of pyridine rings is 1.